The molecule has 100 valence electrons. The Bertz CT molecular complexity index is 250. The van der Waals surface area contributed by atoms with E-state index in [0.717, 1.165) is 26.2 Å². The molecule has 0 radical (unpaired) electrons. The topological polar surface area (TPSA) is 35.6 Å². The molecule has 1 amide bonds. The number of nitrogens with one attached hydrogen (secondary N) is 1. The molecule has 1 saturated heterocycles. The van der Waals surface area contributed by atoms with Crippen molar-refractivity contribution in [2.45, 2.75) is 46.2 Å². The standard InChI is InChI=1S/C13H27N3O/c1-11(2)14-10-12(17)15-6-8-16(9-7-15)13(3,4)5/h11,14H,6-10H2,1-5H3. The van der Waals surface area contributed by atoms with E-state index in [9.17, 15) is 4.79 Å². The van der Waals surface area contributed by atoms with Crippen molar-refractivity contribution in [1.82, 2.24) is 15.1 Å². The van der Waals surface area contributed by atoms with Crippen molar-refractivity contribution in [2.75, 3.05) is 32.7 Å². The molecule has 17 heavy (non-hydrogen) atoms. The van der Waals surface area contributed by atoms with E-state index in [-0.39, 0.29) is 11.4 Å². The lowest BCUT2D eigenvalue weighted by molar-refractivity contribution is -0.132. The van der Waals surface area contributed by atoms with E-state index in [1.807, 2.05) is 4.90 Å². The Labute approximate surface area is 105 Å². The van der Waals surface area contributed by atoms with Gasteiger partial charge < -0.3 is 10.2 Å². The Balaban J connectivity index is 2.34. The van der Waals surface area contributed by atoms with Crippen LogP contribution in [0.5, 0.6) is 0 Å². The lowest BCUT2D eigenvalue weighted by Crippen LogP contribution is -2.55. The fourth-order valence-corrected chi connectivity index (χ4v) is 2.03. The number of hydrogen-bond acceptors (Lipinski definition) is 3. The van der Waals surface area contributed by atoms with Crippen molar-refractivity contribution in [1.29, 1.82) is 0 Å². The molecule has 0 saturated carbocycles. The van der Waals surface area contributed by atoms with Crippen LogP contribution >= 0.6 is 0 Å². The second kappa shape index (κ2) is 5.83. The summed E-state index contributed by atoms with van der Waals surface area (Å²) in [5.41, 5.74) is 0.214. The summed E-state index contributed by atoms with van der Waals surface area (Å²) < 4.78 is 0. The summed E-state index contributed by atoms with van der Waals surface area (Å²) >= 11 is 0. The molecule has 0 bridgehead atoms. The molecule has 1 aliphatic heterocycles. The van der Waals surface area contributed by atoms with Crippen molar-refractivity contribution in [3.05, 3.63) is 0 Å². The first-order chi connectivity index (χ1) is 7.80. The number of rotatable bonds is 3. The zero-order valence-electron chi connectivity index (χ0n) is 11.9. The molecule has 0 atom stereocenters. The number of nitrogens with zero attached hydrogens (tertiary/aromatic N) is 2. The number of hydrogen-bond donors (Lipinski definition) is 1. The molecule has 1 aliphatic rings. The van der Waals surface area contributed by atoms with Crippen molar-refractivity contribution < 1.29 is 4.79 Å². The van der Waals surface area contributed by atoms with Crippen molar-refractivity contribution in [3.8, 4) is 0 Å². The van der Waals surface area contributed by atoms with Gasteiger partial charge in [0.1, 0.15) is 0 Å². The van der Waals surface area contributed by atoms with Crippen LogP contribution in [0.15, 0.2) is 0 Å². The highest BCUT2D eigenvalue weighted by atomic mass is 16.2. The normalized spacial score (nSPS) is 18.8. The highest BCUT2D eigenvalue weighted by Gasteiger charge is 2.27. The molecular weight excluding hydrogens is 214 g/mol. The van der Waals surface area contributed by atoms with Gasteiger partial charge in [0.15, 0.2) is 0 Å². The zero-order chi connectivity index (χ0) is 13.1. The van der Waals surface area contributed by atoms with Crippen LogP contribution in [-0.4, -0.2) is 60.0 Å². The van der Waals surface area contributed by atoms with Crippen molar-refractivity contribution in [3.63, 3.8) is 0 Å². The summed E-state index contributed by atoms with van der Waals surface area (Å²) in [6.45, 7) is 14.9. The van der Waals surface area contributed by atoms with Gasteiger partial charge >= 0.3 is 0 Å². The first-order valence-electron chi connectivity index (χ1n) is 6.57. The summed E-state index contributed by atoms with van der Waals surface area (Å²) in [7, 11) is 0. The van der Waals surface area contributed by atoms with Gasteiger partial charge in [0.05, 0.1) is 6.54 Å². The minimum atomic E-state index is 0.214. The van der Waals surface area contributed by atoms with Gasteiger partial charge in [0.2, 0.25) is 5.91 Å². The SMILES string of the molecule is CC(C)NCC(=O)N1CCN(C(C)(C)C)CC1. The smallest absolute Gasteiger partial charge is 0.236 e. The molecule has 0 unspecified atom stereocenters. The fraction of sp³-hybridized carbons (Fsp3) is 0.923. The van der Waals surface area contributed by atoms with Crippen LogP contribution < -0.4 is 5.32 Å². The number of piperazine rings is 1. The minimum Gasteiger partial charge on any atom is -0.339 e. The fourth-order valence-electron chi connectivity index (χ4n) is 2.03. The number of amides is 1. The quantitative estimate of drug-likeness (QED) is 0.798. The average molecular weight is 241 g/mol. The summed E-state index contributed by atoms with van der Waals surface area (Å²) in [5.74, 6) is 0.229. The molecule has 1 heterocycles. The largest absolute Gasteiger partial charge is 0.339 e. The van der Waals surface area contributed by atoms with E-state index in [1.54, 1.807) is 0 Å². The lowest BCUT2D eigenvalue weighted by Gasteiger charge is -2.42. The Hall–Kier alpha value is -0.610. The molecule has 4 heteroatoms. The van der Waals surface area contributed by atoms with Crippen LogP contribution in [0, 0.1) is 0 Å². The van der Waals surface area contributed by atoms with E-state index in [0.29, 0.717) is 12.6 Å². The summed E-state index contributed by atoms with van der Waals surface area (Å²) in [6, 6.07) is 0.370. The van der Waals surface area contributed by atoms with Crippen LogP contribution in [-0.2, 0) is 4.79 Å². The third kappa shape index (κ3) is 4.64. The Morgan fingerprint density at radius 2 is 1.71 bits per heavy atom. The molecule has 1 rings (SSSR count). The second-order valence-corrected chi connectivity index (χ2v) is 6.07. The van der Waals surface area contributed by atoms with Gasteiger partial charge in [0, 0.05) is 37.8 Å². The maximum absolute atomic E-state index is 11.9. The summed E-state index contributed by atoms with van der Waals surface area (Å²) in [6.07, 6.45) is 0. The molecule has 0 aromatic carbocycles. The molecule has 1 N–H and O–H groups in total. The van der Waals surface area contributed by atoms with Gasteiger partial charge in [-0.3, -0.25) is 9.69 Å². The van der Waals surface area contributed by atoms with E-state index in [4.69, 9.17) is 0 Å². The first kappa shape index (κ1) is 14.5. The van der Waals surface area contributed by atoms with E-state index in [1.165, 1.54) is 0 Å². The Kier molecular flexibility index (Phi) is 4.95. The molecule has 1 fully saturated rings. The third-order valence-corrected chi connectivity index (χ3v) is 3.24. The maximum Gasteiger partial charge on any atom is 0.236 e. The molecule has 0 aromatic heterocycles. The van der Waals surface area contributed by atoms with Gasteiger partial charge in [0.25, 0.3) is 0 Å². The average Bonchev–Trinajstić information content (AvgIpc) is 2.25. The van der Waals surface area contributed by atoms with E-state index >= 15 is 0 Å². The van der Waals surface area contributed by atoms with E-state index in [2.05, 4.69) is 44.8 Å². The molecular formula is C13H27N3O. The molecule has 0 aliphatic carbocycles. The van der Waals surface area contributed by atoms with Gasteiger partial charge in [-0.05, 0) is 20.8 Å². The zero-order valence-corrected chi connectivity index (χ0v) is 11.9. The van der Waals surface area contributed by atoms with Crippen molar-refractivity contribution in [2.24, 2.45) is 0 Å². The second-order valence-electron chi connectivity index (χ2n) is 6.07. The summed E-state index contributed by atoms with van der Waals surface area (Å²) in [4.78, 5) is 16.3. The summed E-state index contributed by atoms with van der Waals surface area (Å²) in [5, 5.41) is 3.18. The predicted molar refractivity (Wildman–Crippen MR) is 71.0 cm³/mol. The van der Waals surface area contributed by atoms with Crippen LogP contribution in [0.3, 0.4) is 0 Å². The van der Waals surface area contributed by atoms with Crippen LogP contribution in [0.4, 0.5) is 0 Å². The van der Waals surface area contributed by atoms with Gasteiger partial charge in [-0.1, -0.05) is 13.8 Å². The van der Waals surface area contributed by atoms with Gasteiger partial charge in [-0.2, -0.15) is 0 Å². The minimum absolute atomic E-state index is 0.214. The Morgan fingerprint density at radius 3 is 2.12 bits per heavy atom. The van der Waals surface area contributed by atoms with Gasteiger partial charge in [-0.25, -0.2) is 0 Å². The van der Waals surface area contributed by atoms with Gasteiger partial charge in [-0.15, -0.1) is 0 Å². The van der Waals surface area contributed by atoms with Crippen LogP contribution in [0.2, 0.25) is 0 Å². The van der Waals surface area contributed by atoms with Crippen molar-refractivity contribution >= 4 is 5.91 Å². The van der Waals surface area contributed by atoms with E-state index < -0.39 is 0 Å². The maximum atomic E-state index is 11.9. The molecule has 4 nitrogen and oxygen atoms in total. The first-order valence-corrected chi connectivity index (χ1v) is 6.57. The number of carbonyl (C=O) groups excluding carboxylic acids is 1. The Morgan fingerprint density at radius 1 is 1.18 bits per heavy atom. The monoisotopic (exact) mass is 241 g/mol. The van der Waals surface area contributed by atoms with Crippen LogP contribution in [0.25, 0.3) is 0 Å². The molecule has 0 aromatic rings. The third-order valence-electron chi connectivity index (χ3n) is 3.24. The molecule has 0 spiro atoms. The highest BCUT2D eigenvalue weighted by Crippen LogP contribution is 2.15. The predicted octanol–water partition coefficient (Wildman–Crippen LogP) is 0.927. The highest BCUT2D eigenvalue weighted by molar-refractivity contribution is 5.78. The lowest BCUT2D eigenvalue weighted by atomic mass is 10.0. The van der Waals surface area contributed by atoms with Crippen LogP contribution in [0.1, 0.15) is 34.6 Å². The number of carbonyl (C=O) groups is 1.